The Morgan fingerprint density at radius 1 is 0.824 bits per heavy atom. The number of ketones is 1. The number of hydrogen-bond donors (Lipinski definition) is 0. The number of ether oxygens (including phenoxy) is 1. The van der Waals surface area contributed by atoms with E-state index in [0.29, 0.717) is 24.5 Å². The van der Waals surface area contributed by atoms with Crippen molar-refractivity contribution in [3.05, 3.63) is 0 Å². The molecule has 0 radical (unpaired) electrons. The zero-order chi connectivity index (χ0) is 24.7. The summed E-state index contributed by atoms with van der Waals surface area (Å²) in [5, 5.41) is 0. The SMILES string of the molecule is CC1(C)CC[C@@]23CC[C@]4(C)[C@](OC2=O)([C@H](F)C[C@@H]2[C@@]5(C)CCC(=O)C(C)(C)[C@@H]5CC[C@]24C)[C@@H]3C1. The Kier molecular flexibility index (Phi) is 4.35. The van der Waals surface area contributed by atoms with Crippen molar-refractivity contribution < 1.29 is 18.7 Å². The molecular formula is C30H45FO3. The van der Waals surface area contributed by atoms with Crippen LogP contribution in [-0.2, 0) is 14.3 Å². The third-order valence-corrected chi connectivity index (χ3v) is 13.8. The molecule has 6 fully saturated rings. The van der Waals surface area contributed by atoms with Crippen molar-refractivity contribution in [2.75, 3.05) is 0 Å². The molecule has 0 aromatic heterocycles. The lowest BCUT2D eigenvalue weighted by Crippen LogP contribution is -2.75. The summed E-state index contributed by atoms with van der Waals surface area (Å²) in [5.74, 6) is 0.778. The summed E-state index contributed by atoms with van der Waals surface area (Å²) in [6, 6.07) is 0. The average molecular weight is 473 g/mol. The van der Waals surface area contributed by atoms with Crippen LogP contribution in [0.1, 0.15) is 113 Å². The maximum atomic E-state index is 17.0. The zero-order valence-electron chi connectivity index (χ0n) is 22.5. The van der Waals surface area contributed by atoms with Gasteiger partial charge in [-0.15, -0.1) is 0 Å². The molecule has 9 atom stereocenters. The van der Waals surface area contributed by atoms with Gasteiger partial charge in [0, 0.05) is 23.2 Å². The Labute approximate surface area is 205 Å². The third-order valence-electron chi connectivity index (χ3n) is 13.8. The van der Waals surface area contributed by atoms with E-state index >= 15 is 4.39 Å². The van der Waals surface area contributed by atoms with Crippen LogP contribution < -0.4 is 0 Å². The molecule has 34 heavy (non-hydrogen) atoms. The molecule has 4 heteroatoms. The van der Waals surface area contributed by atoms with Gasteiger partial charge in [-0.1, -0.05) is 48.5 Å². The Bertz CT molecular complexity index is 970. The van der Waals surface area contributed by atoms with Gasteiger partial charge in [-0.2, -0.15) is 0 Å². The second-order valence-corrected chi connectivity index (χ2v) is 15.5. The first-order chi connectivity index (χ1) is 15.6. The molecule has 6 rings (SSSR count). The molecular weight excluding hydrogens is 427 g/mol. The molecule has 0 aromatic carbocycles. The minimum absolute atomic E-state index is 0.0160. The summed E-state index contributed by atoms with van der Waals surface area (Å²) >= 11 is 0. The topological polar surface area (TPSA) is 43.4 Å². The molecule has 6 aliphatic rings. The van der Waals surface area contributed by atoms with Gasteiger partial charge in [-0.25, -0.2) is 4.39 Å². The second-order valence-electron chi connectivity index (χ2n) is 15.5. The number of halogens is 1. The lowest BCUT2D eigenvalue weighted by atomic mass is 9.30. The van der Waals surface area contributed by atoms with Gasteiger partial charge in [0.25, 0.3) is 0 Å². The van der Waals surface area contributed by atoms with Gasteiger partial charge in [-0.3, -0.25) is 9.59 Å². The molecule has 190 valence electrons. The third kappa shape index (κ3) is 2.28. The Morgan fingerprint density at radius 3 is 2.21 bits per heavy atom. The maximum absolute atomic E-state index is 17.0. The Hall–Kier alpha value is -0.930. The van der Waals surface area contributed by atoms with Crippen molar-refractivity contribution in [3.8, 4) is 0 Å². The first-order valence-electron chi connectivity index (χ1n) is 14.0. The molecule has 1 saturated heterocycles. The van der Waals surface area contributed by atoms with E-state index in [1.165, 1.54) is 0 Å². The molecule has 0 unspecified atom stereocenters. The van der Waals surface area contributed by atoms with Crippen LogP contribution in [0, 0.1) is 50.2 Å². The van der Waals surface area contributed by atoms with E-state index in [9.17, 15) is 9.59 Å². The van der Waals surface area contributed by atoms with Crippen LogP contribution in [0.2, 0.25) is 0 Å². The average Bonchev–Trinajstić information content (AvgIpc) is 2.93. The van der Waals surface area contributed by atoms with E-state index in [4.69, 9.17) is 4.74 Å². The van der Waals surface area contributed by atoms with Gasteiger partial charge >= 0.3 is 5.97 Å². The van der Waals surface area contributed by atoms with Crippen LogP contribution in [0.15, 0.2) is 0 Å². The second kappa shape index (κ2) is 6.31. The molecule has 1 aliphatic heterocycles. The van der Waals surface area contributed by atoms with Crippen molar-refractivity contribution in [2.24, 2.45) is 50.2 Å². The number of fused-ring (bicyclic) bond motifs is 4. The molecule has 0 amide bonds. The normalized spacial score (nSPS) is 57.1. The molecule has 2 bridgehead atoms. The van der Waals surface area contributed by atoms with E-state index in [1.54, 1.807) is 0 Å². The first kappa shape index (κ1) is 23.5. The fraction of sp³-hybridized carbons (Fsp3) is 0.933. The van der Waals surface area contributed by atoms with Crippen molar-refractivity contribution in [3.63, 3.8) is 0 Å². The van der Waals surface area contributed by atoms with E-state index in [-0.39, 0.29) is 44.9 Å². The molecule has 1 spiro atoms. The number of alkyl halides is 1. The zero-order valence-corrected chi connectivity index (χ0v) is 22.5. The highest BCUT2D eigenvalue weighted by atomic mass is 19.1. The number of hydrogen-bond acceptors (Lipinski definition) is 3. The van der Waals surface area contributed by atoms with Gasteiger partial charge in [0.2, 0.25) is 0 Å². The van der Waals surface area contributed by atoms with Crippen LogP contribution in [0.4, 0.5) is 4.39 Å². The van der Waals surface area contributed by atoms with Crippen molar-refractivity contribution in [1.29, 1.82) is 0 Å². The van der Waals surface area contributed by atoms with Crippen molar-refractivity contribution in [1.82, 2.24) is 0 Å². The largest absolute Gasteiger partial charge is 0.455 e. The quantitative estimate of drug-likeness (QED) is 0.354. The van der Waals surface area contributed by atoms with Crippen LogP contribution >= 0.6 is 0 Å². The van der Waals surface area contributed by atoms with Gasteiger partial charge in [-0.05, 0) is 85.9 Å². The Balaban J connectivity index is 1.50. The lowest BCUT2D eigenvalue weighted by Gasteiger charge is -2.73. The summed E-state index contributed by atoms with van der Waals surface area (Å²) in [4.78, 5) is 26.5. The van der Waals surface area contributed by atoms with Gasteiger partial charge < -0.3 is 4.74 Å². The van der Waals surface area contributed by atoms with E-state index in [1.807, 2.05) is 0 Å². The molecule has 1 heterocycles. The van der Waals surface area contributed by atoms with E-state index < -0.39 is 17.2 Å². The molecule has 3 nitrogen and oxygen atoms in total. The van der Waals surface area contributed by atoms with Crippen LogP contribution in [0.3, 0.4) is 0 Å². The van der Waals surface area contributed by atoms with Crippen LogP contribution in [0.25, 0.3) is 0 Å². The molecule has 0 N–H and O–H groups in total. The molecule has 5 saturated carbocycles. The summed E-state index contributed by atoms with van der Waals surface area (Å²) in [6.07, 6.45) is 7.33. The number of esters is 1. The summed E-state index contributed by atoms with van der Waals surface area (Å²) in [6.45, 7) is 16.0. The number of carbonyl (C=O) groups excluding carboxylic acids is 2. The molecule has 5 aliphatic carbocycles. The highest BCUT2D eigenvalue weighted by Gasteiger charge is 2.83. The summed E-state index contributed by atoms with van der Waals surface area (Å²) in [5.41, 5.74) is -2.22. The first-order valence-corrected chi connectivity index (χ1v) is 14.0. The van der Waals surface area contributed by atoms with Gasteiger partial charge in [0.15, 0.2) is 5.60 Å². The highest BCUT2D eigenvalue weighted by molar-refractivity contribution is 5.85. The molecule has 0 aromatic rings. The van der Waals surface area contributed by atoms with E-state index in [2.05, 4.69) is 48.5 Å². The number of carbonyl (C=O) groups is 2. The standard InChI is InChI=1S/C30H45FO3/c1-24(2)12-14-29-15-13-28(7)27(6)11-8-18-25(3,4)22(32)9-10-26(18,5)19(27)16-21(31)30(28,20(29)17-24)34-23(29)33/h18-21H,8-17H2,1-7H3/t18-,19+,20+,21+,26-,27+,28-,29-,30+/m0/s1. The van der Waals surface area contributed by atoms with Crippen LogP contribution in [0.5, 0.6) is 0 Å². The minimum atomic E-state index is -1.13. The summed E-state index contributed by atoms with van der Waals surface area (Å²) < 4.78 is 23.5. The maximum Gasteiger partial charge on any atom is 0.313 e. The number of rotatable bonds is 0. The Morgan fingerprint density at radius 2 is 1.50 bits per heavy atom. The monoisotopic (exact) mass is 472 g/mol. The fourth-order valence-corrected chi connectivity index (χ4v) is 11.6. The summed E-state index contributed by atoms with van der Waals surface area (Å²) in [7, 11) is 0. The highest BCUT2D eigenvalue weighted by Crippen LogP contribution is 2.80. The van der Waals surface area contributed by atoms with Crippen molar-refractivity contribution >= 4 is 11.8 Å². The van der Waals surface area contributed by atoms with Crippen molar-refractivity contribution in [2.45, 2.75) is 124 Å². The van der Waals surface area contributed by atoms with E-state index in [0.717, 1.165) is 51.4 Å². The smallest absolute Gasteiger partial charge is 0.313 e. The minimum Gasteiger partial charge on any atom is -0.455 e. The predicted molar refractivity (Wildman–Crippen MR) is 130 cm³/mol. The van der Waals surface area contributed by atoms with Gasteiger partial charge in [0.1, 0.15) is 12.0 Å². The predicted octanol–water partition coefficient (Wildman–Crippen LogP) is 7.06. The fourth-order valence-electron chi connectivity index (χ4n) is 11.6. The van der Waals surface area contributed by atoms with Gasteiger partial charge in [0.05, 0.1) is 5.41 Å². The van der Waals surface area contributed by atoms with Crippen LogP contribution in [-0.4, -0.2) is 23.5 Å². The number of Topliss-reactive ketones (excluding diaryl/α,β-unsaturated/α-hetero) is 1. The lowest BCUT2D eigenvalue weighted by molar-refractivity contribution is -0.300.